The Morgan fingerprint density at radius 3 is 1.77 bits per heavy atom. The van der Waals surface area contributed by atoms with Crippen molar-refractivity contribution in [2.24, 2.45) is 10.3 Å². The van der Waals surface area contributed by atoms with Crippen LogP contribution in [0.1, 0.15) is 46.0 Å². The maximum absolute atomic E-state index is 8.28. The first-order valence-corrected chi connectivity index (χ1v) is 4.55. The monoisotopic (exact) mass is 186 g/mol. The summed E-state index contributed by atoms with van der Waals surface area (Å²) in [4.78, 5) is 0. The fourth-order valence-electron chi connectivity index (χ4n) is 1.06. The van der Waals surface area contributed by atoms with Crippen LogP contribution in [-0.2, 0) is 0 Å². The molecule has 0 aromatic rings. The minimum atomic E-state index is 0.685. The van der Waals surface area contributed by atoms with E-state index in [4.69, 9.17) is 10.4 Å². The van der Waals surface area contributed by atoms with Gasteiger partial charge in [-0.2, -0.15) is 0 Å². The van der Waals surface area contributed by atoms with E-state index in [2.05, 4.69) is 10.3 Å². The predicted octanol–water partition coefficient (Wildman–Crippen LogP) is 2.64. The average Bonchev–Trinajstić information content (AvgIpc) is 2.20. The van der Waals surface area contributed by atoms with E-state index in [-0.39, 0.29) is 0 Å². The van der Waals surface area contributed by atoms with Crippen LogP contribution in [0.15, 0.2) is 10.3 Å². The number of rotatable bonds is 0. The van der Waals surface area contributed by atoms with E-state index in [0.717, 1.165) is 18.6 Å². The van der Waals surface area contributed by atoms with Gasteiger partial charge in [0.2, 0.25) is 0 Å². The first-order chi connectivity index (χ1) is 6.20. The molecule has 1 aliphatic rings. The third-order valence-corrected chi connectivity index (χ3v) is 1.77. The highest BCUT2D eigenvalue weighted by Crippen LogP contribution is 2.13. The number of hydrogen-bond donors (Lipinski definition) is 2. The highest BCUT2D eigenvalue weighted by molar-refractivity contribution is 5.84. The second-order valence-electron chi connectivity index (χ2n) is 3.27. The SMILES string of the molecule is CC(C)=NO.ON=C1CCCCC1. The molecule has 0 spiro atoms. The molecule has 1 rings (SSSR count). The van der Waals surface area contributed by atoms with Crippen molar-refractivity contribution >= 4 is 11.4 Å². The number of nitrogens with zero attached hydrogens (tertiary/aromatic N) is 2. The van der Waals surface area contributed by atoms with E-state index in [9.17, 15) is 0 Å². The van der Waals surface area contributed by atoms with Crippen molar-refractivity contribution in [3.8, 4) is 0 Å². The first-order valence-electron chi connectivity index (χ1n) is 4.55. The first kappa shape index (κ1) is 11.9. The van der Waals surface area contributed by atoms with E-state index in [1.54, 1.807) is 13.8 Å². The standard InChI is InChI=1S/C6H11NO.C3H7NO/c8-7-6-4-2-1-3-5-6;1-3(2)4-5/h8H,1-5H2;5H,1-2H3. The highest BCUT2D eigenvalue weighted by Gasteiger charge is 2.05. The van der Waals surface area contributed by atoms with E-state index >= 15 is 0 Å². The van der Waals surface area contributed by atoms with Crippen LogP contribution in [0.3, 0.4) is 0 Å². The van der Waals surface area contributed by atoms with Crippen LogP contribution in [0.25, 0.3) is 0 Å². The van der Waals surface area contributed by atoms with E-state index in [1.165, 1.54) is 19.3 Å². The Hall–Kier alpha value is -1.06. The molecular formula is C9H18N2O2. The van der Waals surface area contributed by atoms with Crippen molar-refractivity contribution in [3.05, 3.63) is 0 Å². The maximum Gasteiger partial charge on any atom is 0.0570 e. The summed E-state index contributed by atoms with van der Waals surface area (Å²) < 4.78 is 0. The lowest BCUT2D eigenvalue weighted by Crippen LogP contribution is -2.03. The Kier molecular flexibility index (Phi) is 6.96. The summed E-state index contributed by atoms with van der Waals surface area (Å²) in [6.45, 7) is 3.44. The molecular weight excluding hydrogens is 168 g/mol. The van der Waals surface area contributed by atoms with Gasteiger partial charge in [0, 0.05) is 0 Å². The van der Waals surface area contributed by atoms with Crippen LogP contribution in [0.5, 0.6) is 0 Å². The van der Waals surface area contributed by atoms with Gasteiger partial charge in [-0.1, -0.05) is 16.7 Å². The van der Waals surface area contributed by atoms with Crippen LogP contribution >= 0.6 is 0 Å². The Morgan fingerprint density at radius 1 is 1.08 bits per heavy atom. The smallest absolute Gasteiger partial charge is 0.0570 e. The molecule has 0 unspecified atom stereocenters. The summed E-state index contributed by atoms with van der Waals surface area (Å²) >= 11 is 0. The molecule has 4 heteroatoms. The van der Waals surface area contributed by atoms with Crippen molar-refractivity contribution in [1.29, 1.82) is 0 Å². The van der Waals surface area contributed by atoms with Gasteiger partial charge in [0.25, 0.3) is 0 Å². The van der Waals surface area contributed by atoms with Gasteiger partial charge in [0.1, 0.15) is 0 Å². The highest BCUT2D eigenvalue weighted by atomic mass is 16.4. The lowest BCUT2D eigenvalue weighted by Gasteiger charge is -2.08. The quantitative estimate of drug-likeness (QED) is 0.347. The summed E-state index contributed by atoms with van der Waals surface area (Å²) in [5.41, 5.74) is 1.67. The summed E-state index contributed by atoms with van der Waals surface area (Å²) in [5, 5.41) is 22.0. The third kappa shape index (κ3) is 7.31. The number of hydrogen-bond acceptors (Lipinski definition) is 4. The van der Waals surface area contributed by atoms with Crippen LogP contribution in [0.2, 0.25) is 0 Å². The molecule has 13 heavy (non-hydrogen) atoms. The van der Waals surface area contributed by atoms with Crippen LogP contribution in [0, 0.1) is 0 Å². The minimum absolute atomic E-state index is 0.685. The third-order valence-electron chi connectivity index (χ3n) is 1.77. The molecule has 0 atom stereocenters. The van der Waals surface area contributed by atoms with Gasteiger partial charge in [-0.05, 0) is 39.5 Å². The topological polar surface area (TPSA) is 65.2 Å². The summed E-state index contributed by atoms with van der Waals surface area (Å²) in [7, 11) is 0. The predicted molar refractivity (Wildman–Crippen MR) is 52.9 cm³/mol. The summed E-state index contributed by atoms with van der Waals surface area (Å²) in [6.07, 6.45) is 5.74. The largest absolute Gasteiger partial charge is 0.411 e. The Bertz CT molecular complexity index is 176. The van der Waals surface area contributed by atoms with Gasteiger partial charge in [0.15, 0.2) is 0 Å². The Labute approximate surface area is 78.9 Å². The zero-order chi connectivity index (χ0) is 10.1. The minimum Gasteiger partial charge on any atom is -0.411 e. The van der Waals surface area contributed by atoms with Gasteiger partial charge in [0.05, 0.1) is 11.4 Å². The molecule has 2 N–H and O–H groups in total. The van der Waals surface area contributed by atoms with Gasteiger partial charge >= 0.3 is 0 Å². The van der Waals surface area contributed by atoms with Crippen molar-refractivity contribution in [1.82, 2.24) is 0 Å². The molecule has 0 bridgehead atoms. The molecule has 1 saturated carbocycles. The Morgan fingerprint density at radius 2 is 1.54 bits per heavy atom. The molecule has 0 aromatic carbocycles. The van der Waals surface area contributed by atoms with Crippen molar-refractivity contribution in [2.45, 2.75) is 46.0 Å². The molecule has 1 fully saturated rings. The molecule has 4 nitrogen and oxygen atoms in total. The molecule has 1 aliphatic carbocycles. The van der Waals surface area contributed by atoms with E-state index < -0.39 is 0 Å². The number of oxime groups is 2. The van der Waals surface area contributed by atoms with Crippen molar-refractivity contribution in [3.63, 3.8) is 0 Å². The molecule has 0 heterocycles. The van der Waals surface area contributed by atoms with E-state index in [0.29, 0.717) is 5.71 Å². The zero-order valence-corrected chi connectivity index (χ0v) is 8.32. The fraction of sp³-hybridized carbons (Fsp3) is 0.778. The fourth-order valence-corrected chi connectivity index (χ4v) is 1.06. The zero-order valence-electron chi connectivity index (χ0n) is 8.32. The molecule has 0 amide bonds. The molecule has 0 saturated heterocycles. The molecule has 76 valence electrons. The van der Waals surface area contributed by atoms with Crippen molar-refractivity contribution < 1.29 is 10.4 Å². The van der Waals surface area contributed by atoms with Crippen LogP contribution in [-0.4, -0.2) is 21.8 Å². The normalized spacial score (nSPS) is 15.4. The lowest BCUT2D eigenvalue weighted by atomic mass is 9.99. The second kappa shape index (κ2) is 7.58. The summed E-state index contributed by atoms with van der Waals surface area (Å²) in [6, 6.07) is 0. The van der Waals surface area contributed by atoms with Gasteiger partial charge in [-0.25, -0.2) is 0 Å². The van der Waals surface area contributed by atoms with Gasteiger partial charge in [-0.15, -0.1) is 0 Å². The Balaban J connectivity index is 0.000000252. The second-order valence-corrected chi connectivity index (χ2v) is 3.27. The van der Waals surface area contributed by atoms with Crippen LogP contribution < -0.4 is 0 Å². The molecule has 0 aromatic heterocycles. The van der Waals surface area contributed by atoms with Crippen LogP contribution in [0.4, 0.5) is 0 Å². The maximum atomic E-state index is 8.28. The molecule has 0 radical (unpaired) electrons. The van der Waals surface area contributed by atoms with Crippen molar-refractivity contribution in [2.75, 3.05) is 0 Å². The van der Waals surface area contributed by atoms with E-state index in [1.807, 2.05) is 0 Å². The molecule has 0 aliphatic heterocycles. The van der Waals surface area contributed by atoms with Gasteiger partial charge < -0.3 is 10.4 Å². The van der Waals surface area contributed by atoms with Gasteiger partial charge in [-0.3, -0.25) is 0 Å². The summed E-state index contributed by atoms with van der Waals surface area (Å²) in [5.74, 6) is 0. The average molecular weight is 186 g/mol. The lowest BCUT2D eigenvalue weighted by molar-refractivity contribution is 0.314.